The number of benzene rings is 1. The van der Waals surface area contributed by atoms with Gasteiger partial charge in [0.2, 0.25) is 0 Å². The Hall–Kier alpha value is -3.88. The third-order valence-corrected chi connectivity index (χ3v) is 6.47. The van der Waals surface area contributed by atoms with Gasteiger partial charge in [0.25, 0.3) is 0 Å². The van der Waals surface area contributed by atoms with Crippen LogP contribution in [0.5, 0.6) is 17.2 Å². The molecule has 0 amide bonds. The average Bonchev–Trinajstić information content (AvgIpc) is 3.21. The van der Waals surface area contributed by atoms with Crippen molar-refractivity contribution in [2.45, 2.75) is 53.5 Å². The van der Waals surface area contributed by atoms with E-state index in [1.165, 1.54) is 26.8 Å². The summed E-state index contributed by atoms with van der Waals surface area (Å²) in [7, 11) is 0. The topological polar surface area (TPSA) is 139 Å². The van der Waals surface area contributed by atoms with Gasteiger partial charge >= 0.3 is 0 Å². The lowest BCUT2D eigenvalue weighted by molar-refractivity contribution is -0.123. The number of ether oxygens (including phenoxy) is 1. The molecule has 1 aromatic carbocycles. The van der Waals surface area contributed by atoms with Crippen molar-refractivity contribution >= 4 is 17.3 Å². The summed E-state index contributed by atoms with van der Waals surface area (Å²) >= 11 is 0. The molecule has 1 aliphatic carbocycles. The van der Waals surface area contributed by atoms with E-state index in [-0.39, 0.29) is 39.5 Å². The lowest BCUT2D eigenvalue weighted by atomic mass is 9.70. The van der Waals surface area contributed by atoms with Crippen LogP contribution in [0.4, 0.5) is 0 Å². The number of allylic oxidation sites excluding steroid dienone is 4. The van der Waals surface area contributed by atoms with E-state index >= 15 is 0 Å². The van der Waals surface area contributed by atoms with Gasteiger partial charge in [-0.2, -0.15) is 0 Å². The van der Waals surface area contributed by atoms with Crippen molar-refractivity contribution in [2.75, 3.05) is 0 Å². The van der Waals surface area contributed by atoms with E-state index in [4.69, 9.17) is 9.26 Å². The zero-order valence-electron chi connectivity index (χ0n) is 19.2. The molecule has 2 heterocycles. The summed E-state index contributed by atoms with van der Waals surface area (Å²) in [5.74, 6) is -1.91. The van der Waals surface area contributed by atoms with E-state index in [1.54, 1.807) is 20.8 Å². The summed E-state index contributed by atoms with van der Waals surface area (Å²) in [6.45, 7) is 9.69. The highest BCUT2D eigenvalue weighted by Crippen LogP contribution is 2.57. The van der Waals surface area contributed by atoms with Gasteiger partial charge < -0.3 is 24.8 Å². The average molecular weight is 452 g/mol. The van der Waals surface area contributed by atoms with Crippen LogP contribution in [0.3, 0.4) is 0 Å². The van der Waals surface area contributed by atoms with Gasteiger partial charge in [-0.25, -0.2) is 0 Å². The lowest BCUT2D eigenvalue weighted by Gasteiger charge is -2.29. The number of phenolic OH excluding ortho intramolecular Hbond substituents is 2. The number of carbonyl (C=O) groups excluding carboxylic acids is 3. The summed E-state index contributed by atoms with van der Waals surface area (Å²) in [6.07, 6.45) is 1.19. The molecular formula is C24H24N2O7. The molecular weight excluding hydrogens is 428 g/mol. The van der Waals surface area contributed by atoms with Gasteiger partial charge in [-0.05, 0) is 41.5 Å². The molecule has 0 bridgehead atoms. The molecule has 1 aliphatic heterocycles. The number of Topliss-reactive ketones (excluding diaryl/α,β-unsaturated/α-hetero) is 2. The smallest absolute Gasteiger partial charge is 0.194 e. The number of hydrogen-bond acceptors (Lipinski definition) is 9. The minimum absolute atomic E-state index is 0.00225. The summed E-state index contributed by atoms with van der Waals surface area (Å²) in [5, 5.41) is 28.3. The number of aromatic hydroxyl groups is 2. The van der Waals surface area contributed by atoms with Gasteiger partial charge in [0.15, 0.2) is 17.3 Å². The van der Waals surface area contributed by atoms with Crippen LogP contribution in [-0.2, 0) is 21.5 Å². The Morgan fingerprint density at radius 2 is 1.82 bits per heavy atom. The zero-order valence-corrected chi connectivity index (χ0v) is 19.2. The zero-order chi connectivity index (χ0) is 24.4. The first-order valence-electron chi connectivity index (χ1n) is 10.4. The number of phenols is 2. The lowest BCUT2D eigenvalue weighted by Crippen LogP contribution is -2.41. The minimum atomic E-state index is -1.54. The number of ketones is 3. The number of fused-ring (bicyclic) bond motifs is 3. The molecule has 9 heteroatoms. The Labute approximate surface area is 189 Å². The van der Waals surface area contributed by atoms with Crippen molar-refractivity contribution in [2.24, 2.45) is 0 Å². The molecule has 3 N–H and O–H groups in total. The normalized spacial score (nSPS) is 20.7. The van der Waals surface area contributed by atoms with Crippen LogP contribution in [0, 0.1) is 20.8 Å². The Kier molecular flexibility index (Phi) is 4.96. The van der Waals surface area contributed by atoms with Crippen molar-refractivity contribution in [3.8, 4) is 17.2 Å². The molecule has 0 fully saturated rings. The molecule has 33 heavy (non-hydrogen) atoms. The van der Waals surface area contributed by atoms with E-state index in [1.807, 2.05) is 0 Å². The second kappa shape index (κ2) is 7.33. The van der Waals surface area contributed by atoms with Crippen molar-refractivity contribution < 1.29 is 33.9 Å². The number of nitrogens with zero attached hydrogens (tertiary/aromatic N) is 1. The number of carbonyl (C=O) groups is 3. The first kappa shape index (κ1) is 22.3. The van der Waals surface area contributed by atoms with Crippen LogP contribution in [0.25, 0.3) is 0 Å². The Balaban J connectivity index is 1.85. The van der Waals surface area contributed by atoms with E-state index in [9.17, 15) is 24.6 Å². The maximum absolute atomic E-state index is 13.7. The van der Waals surface area contributed by atoms with Crippen molar-refractivity contribution in [3.63, 3.8) is 0 Å². The largest absolute Gasteiger partial charge is 0.507 e. The van der Waals surface area contributed by atoms with E-state index < -0.39 is 28.5 Å². The van der Waals surface area contributed by atoms with Gasteiger partial charge in [-0.3, -0.25) is 14.4 Å². The third-order valence-electron chi connectivity index (χ3n) is 6.47. The minimum Gasteiger partial charge on any atom is -0.507 e. The van der Waals surface area contributed by atoms with Gasteiger partial charge in [0.1, 0.15) is 39.7 Å². The highest BCUT2D eigenvalue weighted by molar-refractivity contribution is 6.31. The molecule has 172 valence electrons. The predicted molar refractivity (Wildman–Crippen MR) is 116 cm³/mol. The fourth-order valence-electron chi connectivity index (χ4n) is 4.43. The van der Waals surface area contributed by atoms with E-state index in [0.717, 1.165) is 5.56 Å². The summed E-state index contributed by atoms with van der Waals surface area (Å²) in [5.41, 5.74) is 0.195. The maximum Gasteiger partial charge on any atom is 0.194 e. The number of hydrogen-bond donors (Lipinski definition) is 3. The quantitative estimate of drug-likeness (QED) is 0.363. The molecule has 9 nitrogen and oxygen atoms in total. The molecule has 0 saturated heterocycles. The molecule has 4 rings (SSSR count). The van der Waals surface area contributed by atoms with E-state index in [0.29, 0.717) is 23.7 Å². The van der Waals surface area contributed by atoms with Crippen LogP contribution in [0.1, 0.15) is 59.3 Å². The Morgan fingerprint density at radius 3 is 2.39 bits per heavy atom. The van der Waals surface area contributed by atoms with Crippen LogP contribution in [0.2, 0.25) is 0 Å². The van der Waals surface area contributed by atoms with Crippen LogP contribution < -0.4 is 10.1 Å². The van der Waals surface area contributed by atoms with Crippen LogP contribution in [-0.4, -0.2) is 32.7 Å². The monoisotopic (exact) mass is 452 g/mol. The number of aromatic nitrogens is 1. The fourth-order valence-corrected chi connectivity index (χ4v) is 4.43. The molecule has 2 aliphatic rings. The maximum atomic E-state index is 13.7. The SMILES string of the molecule is CC(=O)c1c(O)c(C)c(O)c2c1OC1=CC(=O)C(=C(C)NCc3c(C)noc3C)C(=O)[C@@]12C. The fraction of sp³-hybridized carbons (Fsp3) is 0.333. The Morgan fingerprint density at radius 1 is 1.15 bits per heavy atom. The first-order valence-corrected chi connectivity index (χ1v) is 10.4. The predicted octanol–water partition coefficient (Wildman–Crippen LogP) is 2.96. The van der Waals surface area contributed by atoms with Crippen molar-refractivity contribution in [1.82, 2.24) is 10.5 Å². The molecule has 0 unspecified atom stereocenters. The molecule has 1 aromatic heterocycles. The summed E-state index contributed by atoms with van der Waals surface area (Å²) < 4.78 is 10.9. The van der Waals surface area contributed by atoms with E-state index in [2.05, 4.69) is 10.5 Å². The molecule has 0 radical (unpaired) electrons. The van der Waals surface area contributed by atoms with Crippen molar-refractivity contribution in [3.05, 3.63) is 56.8 Å². The van der Waals surface area contributed by atoms with Crippen LogP contribution >= 0.6 is 0 Å². The Bertz CT molecular complexity index is 1310. The van der Waals surface area contributed by atoms with Gasteiger partial charge in [0, 0.05) is 29.4 Å². The summed E-state index contributed by atoms with van der Waals surface area (Å²) in [6, 6.07) is 0. The molecule has 0 spiro atoms. The van der Waals surface area contributed by atoms with Gasteiger partial charge in [-0.1, -0.05) is 5.16 Å². The molecule has 1 atom stereocenters. The van der Waals surface area contributed by atoms with Gasteiger partial charge in [-0.15, -0.1) is 0 Å². The summed E-state index contributed by atoms with van der Waals surface area (Å²) in [4.78, 5) is 38.9. The number of nitrogens with one attached hydrogen (secondary N) is 1. The highest BCUT2D eigenvalue weighted by Gasteiger charge is 2.56. The van der Waals surface area contributed by atoms with Gasteiger partial charge in [0.05, 0.1) is 16.8 Å². The second-order valence-corrected chi connectivity index (χ2v) is 8.54. The first-order chi connectivity index (χ1) is 15.4. The highest BCUT2D eigenvalue weighted by atomic mass is 16.5. The standard InChI is InChI=1S/C24H24N2O7/c1-9-20(29)18(12(4)27)22-19(21(9)30)24(6)16(32-22)7-15(28)17(23(24)31)11(3)25-8-14-10(2)26-33-13(14)5/h7,25,29-30H,8H2,1-6H3/t24-/m0/s1. The molecule has 2 aromatic rings. The number of aryl methyl sites for hydroxylation is 2. The number of rotatable bonds is 4. The second-order valence-electron chi connectivity index (χ2n) is 8.54. The molecule has 0 saturated carbocycles. The van der Waals surface area contributed by atoms with Crippen molar-refractivity contribution in [1.29, 1.82) is 0 Å². The van der Waals surface area contributed by atoms with Crippen LogP contribution in [0.15, 0.2) is 27.6 Å². The third kappa shape index (κ3) is 2.99.